The molecule has 0 spiro atoms. The van der Waals surface area contributed by atoms with Gasteiger partial charge in [0, 0.05) is 5.56 Å². The molecule has 1 aliphatic rings. The molecule has 1 atom stereocenters. The van der Waals surface area contributed by atoms with Crippen molar-refractivity contribution in [3.8, 4) is 0 Å². The van der Waals surface area contributed by atoms with E-state index in [2.05, 4.69) is 6.07 Å². The first-order valence-electron chi connectivity index (χ1n) is 6.24. The summed E-state index contributed by atoms with van der Waals surface area (Å²) >= 11 is 0. The highest BCUT2D eigenvalue weighted by atomic mass is 16.5. The van der Waals surface area contributed by atoms with Crippen LogP contribution in [0.25, 0.3) is 0 Å². The van der Waals surface area contributed by atoms with E-state index in [4.69, 9.17) is 4.74 Å². The Balaban J connectivity index is 2.34. The van der Waals surface area contributed by atoms with Crippen LogP contribution in [0.4, 0.5) is 0 Å². The van der Waals surface area contributed by atoms with Crippen LogP contribution in [-0.4, -0.2) is 18.9 Å². The number of rotatable bonds is 2. The van der Waals surface area contributed by atoms with Gasteiger partial charge in [0.15, 0.2) is 5.78 Å². The molecule has 0 aromatic heterocycles. The molecule has 0 unspecified atom stereocenters. The zero-order valence-electron chi connectivity index (χ0n) is 11.1. The monoisotopic (exact) mass is 246 g/mol. The Labute approximate surface area is 107 Å². The maximum Gasteiger partial charge on any atom is 0.309 e. The number of esters is 1. The van der Waals surface area contributed by atoms with E-state index >= 15 is 0 Å². The maximum atomic E-state index is 11.6. The van der Waals surface area contributed by atoms with Crippen LogP contribution in [0.1, 0.15) is 40.4 Å². The molecule has 0 saturated heterocycles. The topological polar surface area (TPSA) is 43.4 Å². The van der Waals surface area contributed by atoms with Crippen molar-refractivity contribution in [2.24, 2.45) is 5.92 Å². The molecule has 0 fully saturated rings. The first-order chi connectivity index (χ1) is 8.52. The third-order valence-corrected chi connectivity index (χ3v) is 3.69. The molecular weight excluding hydrogens is 228 g/mol. The highest BCUT2D eigenvalue weighted by molar-refractivity contribution is 5.95. The first kappa shape index (κ1) is 12.8. The lowest BCUT2D eigenvalue weighted by molar-refractivity contribution is -0.145. The van der Waals surface area contributed by atoms with E-state index in [1.807, 2.05) is 13.0 Å². The van der Waals surface area contributed by atoms with Gasteiger partial charge in [-0.05, 0) is 55.9 Å². The standard InChI is InChI=1S/C15H18O3/c1-9-6-11-4-5-12(15(17)18-3)7-13(11)8-14(9)10(2)16/h6,8,12H,4-5,7H2,1-3H3/t12-/m1/s1. The van der Waals surface area contributed by atoms with Gasteiger partial charge in [-0.2, -0.15) is 0 Å². The molecule has 18 heavy (non-hydrogen) atoms. The SMILES string of the molecule is COC(=O)[C@@H]1CCc2cc(C)c(C(C)=O)cc2C1. The van der Waals surface area contributed by atoms with E-state index in [1.165, 1.54) is 12.7 Å². The number of hydrogen-bond donors (Lipinski definition) is 0. The molecule has 1 aliphatic carbocycles. The third-order valence-electron chi connectivity index (χ3n) is 3.69. The lowest BCUT2D eigenvalue weighted by Crippen LogP contribution is -2.24. The van der Waals surface area contributed by atoms with Crippen LogP contribution in [0.15, 0.2) is 12.1 Å². The average molecular weight is 246 g/mol. The minimum atomic E-state index is -0.148. The van der Waals surface area contributed by atoms with Crippen LogP contribution in [0.2, 0.25) is 0 Å². The number of methoxy groups -OCH3 is 1. The molecule has 0 bridgehead atoms. The van der Waals surface area contributed by atoms with Gasteiger partial charge in [-0.15, -0.1) is 0 Å². The van der Waals surface area contributed by atoms with Crippen LogP contribution in [-0.2, 0) is 22.4 Å². The number of ketones is 1. The molecule has 0 heterocycles. The molecule has 96 valence electrons. The first-order valence-corrected chi connectivity index (χ1v) is 6.24. The molecule has 1 aromatic rings. The number of aryl methyl sites for hydroxylation is 2. The number of ether oxygens (including phenoxy) is 1. The maximum absolute atomic E-state index is 11.6. The number of Topliss-reactive ketones (excluding diaryl/α,β-unsaturated/α-hetero) is 1. The molecule has 1 aromatic carbocycles. The van der Waals surface area contributed by atoms with Gasteiger partial charge in [0.25, 0.3) is 0 Å². The molecule has 0 N–H and O–H groups in total. The minimum Gasteiger partial charge on any atom is -0.469 e. The highest BCUT2D eigenvalue weighted by Crippen LogP contribution is 2.29. The summed E-state index contributed by atoms with van der Waals surface area (Å²) in [6.07, 6.45) is 2.40. The summed E-state index contributed by atoms with van der Waals surface area (Å²) in [4.78, 5) is 23.1. The van der Waals surface area contributed by atoms with E-state index < -0.39 is 0 Å². The van der Waals surface area contributed by atoms with E-state index in [1.54, 1.807) is 6.92 Å². The Morgan fingerprint density at radius 3 is 2.61 bits per heavy atom. The van der Waals surface area contributed by atoms with Gasteiger partial charge in [0.1, 0.15) is 0 Å². The number of carbonyl (C=O) groups excluding carboxylic acids is 2. The molecule has 0 aliphatic heterocycles. The summed E-state index contributed by atoms with van der Waals surface area (Å²) in [6, 6.07) is 4.03. The third kappa shape index (κ3) is 2.30. The van der Waals surface area contributed by atoms with E-state index in [-0.39, 0.29) is 17.7 Å². The summed E-state index contributed by atoms with van der Waals surface area (Å²) in [6.45, 7) is 3.54. The van der Waals surface area contributed by atoms with Crippen LogP contribution >= 0.6 is 0 Å². The van der Waals surface area contributed by atoms with E-state index in [9.17, 15) is 9.59 Å². The fraction of sp³-hybridized carbons (Fsp3) is 0.467. The van der Waals surface area contributed by atoms with Crippen molar-refractivity contribution in [3.63, 3.8) is 0 Å². The van der Waals surface area contributed by atoms with Crippen molar-refractivity contribution in [2.75, 3.05) is 7.11 Å². The predicted molar refractivity (Wildman–Crippen MR) is 68.7 cm³/mol. The molecule has 0 saturated carbocycles. The summed E-state index contributed by atoms with van der Waals surface area (Å²) in [5, 5.41) is 0. The number of hydrogen-bond acceptors (Lipinski definition) is 3. The Kier molecular flexibility index (Phi) is 3.50. The van der Waals surface area contributed by atoms with Crippen LogP contribution < -0.4 is 0 Å². The summed E-state index contributed by atoms with van der Waals surface area (Å²) in [7, 11) is 1.42. The van der Waals surface area contributed by atoms with Gasteiger partial charge in [-0.25, -0.2) is 0 Å². The fourth-order valence-corrected chi connectivity index (χ4v) is 2.68. The van der Waals surface area contributed by atoms with Gasteiger partial charge in [-0.1, -0.05) is 6.07 Å². The van der Waals surface area contributed by atoms with Crippen LogP contribution in [0.5, 0.6) is 0 Å². The van der Waals surface area contributed by atoms with Crippen LogP contribution in [0.3, 0.4) is 0 Å². The fourth-order valence-electron chi connectivity index (χ4n) is 2.68. The Bertz CT molecular complexity index is 503. The number of fused-ring (bicyclic) bond motifs is 1. The van der Waals surface area contributed by atoms with Crippen molar-refractivity contribution in [1.82, 2.24) is 0 Å². The van der Waals surface area contributed by atoms with Crippen LogP contribution in [0, 0.1) is 12.8 Å². The molecule has 0 amide bonds. The molecular formula is C15H18O3. The van der Waals surface area contributed by atoms with Gasteiger partial charge in [0.05, 0.1) is 13.0 Å². The highest BCUT2D eigenvalue weighted by Gasteiger charge is 2.26. The van der Waals surface area contributed by atoms with Gasteiger partial charge in [-0.3, -0.25) is 9.59 Å². The second kappa shape index (κ2) is 4.92. The zero-order chi connectivity index (χ0) is 13.3. The Morgan fingerprint density at radius 2 is 2.00 bits per heavy atom. The van der Waals surface area contributed by atoms with Crippen molar-refractivity contribution in [3.05, 3.63) is 34.4 Å². The van der Waals surface area contributed by atoms with Gasteiger partial charge < -0.3 is 4.74 Å². The molecule has 3 nitrogen and oxygen atoms in total. The quantitative estimate of drug-likeness (QED) is 0.594. The second-order valence-electron chi connectivity index (χ2n) is 4.95. The van der Waals surface area contributed by atoms with Crippen molar-refractivity contribution in [1.29, 1.82) is 0 Å². The summed E-state index contributed by atoms with van der Waals surface area (Å²) in [5.74, 6) is -0.133. The summed E-state index contributed by atoms with van der Waals surface area (Å²) in [5.41, 5.74) is 4.17. The smallest absolute Gasteiger partial charge is 0.309 e. The predicted octanol–water partition coefficient (Wildman–Crippen LogP) is 2.48. The van der Waals surface area contributed by atoms with Crippen molar-refractivity contribution in [2.45, 2.75) is 33.1 Å². The normalized spacial score (nSPS) is 18.1. The van der Waals surface area contributed by atoms with E-state index in [0.29, 0.717) is 6.42 Å². The summed E-state index contributed by atoms with van der Waals surface area (Å²) < 4.78 is 4.80. The molecule has 3 heteroatoms. The number of benzene rings is 1. The largest absolute Gasteiger partial charge is 0.469 e. The lowest BCUT2D eigenvalue weighted by atomic mass is 9.82. The lowest BCUT2D eigenvalue weighted by Gasteiger charge is -2.24. The zero-order valence-corrected chi connectivity index (χ0v) is 11.1. The van der Waals surface area contributed by atoms with Crippen molar-refractivity contribution < 1.29 is 14.3 Å². The Morgan fingerprint density at radius 1 is 1.28 bits per heavy atom. The average Bonchev–Trinajstić information content (AvgIpc) is 2.36. The minimum absolute atomic E-state index is 0.0648. The molecule has 0 radical (unpaired) electrons. The second-order valence-corrected chi connectivity index (χ2v) is 4.95. The van der Waals surface area contributed by atoms with Crippen molar-refractivity contribution >= 4 is 11.8 Å². The van der Waals surface area contributed by atoms with Gasteiger partial charge >= 0.3 is 5.97 Å². The Hall–Kier alpha value is -1.64. The van der Waals surface area contributed by atoms with Gasteiger partial charge in [0.2, 0.25) is 0 Å². The van der Waals surface area contributed by atoms with E-state index in [0.717, 1.165) is 29.5 Å². The molecule has 2 rings (SSSR count). The number of carbonyl (C=O) groups is 2.